The molecule has 0 unspecified atom stereocenters. The molecule has 0 atom stereocenters. The number of hydrogen-bond acceptors (Lipinski definition) is 4. The Balaban J connectivity index is 1.57. The molecule has 2 aliphatic rings. The minimum atomic E-state index is -0.215. The lowest BCUT2D eigenvalue weighted by atomic mass is 9.70. The van der Waals surface area contributed by atoms with Crippen molar-refractivity contribution >= 4 is 11.8 Å². The van der Waals surface area contributed by atoms with E-state index in [1.165, 1.54) is 6.20 Å². The minimum absolute atomic E-state index is 0.131. The maximum Gasteiger partial charge on any atom is 0.292 e. The summed E-state index contributed by atoms with van der Waals surface area (Å²) in [5.74, 6) is 0.905. The van der Waals surface area contributed by atoms with Crippen LogP contribution in [0, 0.1) is 11.3 Å². The normalized spacial score (nSPS) is 21.0. The highest BCUT2D eigenvalue weighted by Crippen LogP contribution is 2.42. The smallest absolute Gasteiger partial charge is 0.292 e. The van der Waals surface area contributed by atoms with Crippen LogP contribution < -0.4 is 0 Å². The van der Waals surface area contributed by atoms with Crippen molar-refractivity contribution in [2.75, 3.05) is 26.2 Å². The van der Waals surface area contributed by atoms with E-state index in [0.29, 0.717) is 19.0 Å². The summed E-state index contributed by atoms with van der Waals surface area (Å²) in [6.07, 6.45) is 2.97. The maximum absolute atomic E-state index is 12.4. The summed E-state index contributed by atoms with van der Waals surface area (Å²) >= 11 is 0. The lowest BCUT2D eigenvalue weighted by molar-refractivity contribution is -0.165. The SMILES string of the molecule is CC(C)CN1CC2(CCN(C(=O)c3ccno3)CC2)C1=O. The second-order valence-electron chi connectivity index (χ2n) is 6.53. The van der Waals surface area contributed by atoms with E-state index >= 15 is 0 Å². The Morgan fingerprint density at radius 1 is 1.43 bits per heavy atom. The van der Waals surface area contributed by atoms with Crippen LogP contribution in [0.4, 0.5) is 0 Å². The molecule has 1 aromatic heterocycles. The molecule has 2 amide bonds. The third-order valence-corrected chi connectivity index (χ3v) is 4.48. The molecule has 0 bridgehead atoms. The average Bonchev–Trinajstić information content (AvgIpc) is 3.00. The molecular weight excluding hydrogens is 270 g/mol. The van der Waals surface area contributed by atoms with E-state index in [2.05, 4.69) is 19.0 Å². The van der Waals surface area contributed by atoms with Gasteiger partial charge in [0.2, 0.25) is 11.7 Å². The standard InChI is InChI=1S/C15H21N3O3/c1-11(2)9-18-10-15(14(18)20)4-7-17(8-5-15)13(19)12-3-6-16-21-12/h3,6,11H,4-5,7-10H2,1-2H3. The second-order valence-corrected chi connectivity index (χ2v) is 6.53. The van der Waals surface area contributed by atoms with Gasteiger partial charge in [-0.15, -0.1) is 0 Å². The molecule has 21 heavy (non-hydrogen) atoms. The maximum atomic E-state index is 12.4. The lowest BCUT2D eigenvalue weighted by Crippen LogP contribution is -2.65. The molecule has 1 spiro atoms. The monoisotopic (exact) mass is 291 g/mol. The number of piperidine rings is 1. The Labute approximate surface area is 124 Å². The number of carbonyl (C=O) groups is 2. The predicted molar refractivity (Wildman–Crippen MR) is 75.5 cm³/mol. The number of amides is 2. The Morgan fingerprint density at radius 3 is 2.67 bits per heavy atom. The fourth-order valence-electron chi connectivity index (χ4n) is 3.33. The van der Waals surface area contributed by atoms with Gasteiger partial charge in [0.25, 0.3) is 5.91 Å². The van der Waals surface area contributed by atoms with Crippen molar-refractivity contribution < 1.29 is 14.1 Å². The predicted octanol–water partition coefficient (Wildman–Crippen LogP) is 1.40. The number of aromatic nitrogens is 1. The highest BCUT2D eigenvalue weighted by atomic mass is 16.5. The van der Waals surface area contributed by atoms with Crippen LogP contribution >= 0.6 is 0 Å². The first-order chi connectivity index (χ1) is 10.0. The molecule has 3 heterocycles. The van der Waals surface area contributed by atoms with E-state index in [1.807, 2.05) is 4.90 Å². The number of β-lactam (4-membered cyclic amide) rings is 1. The average molecular weight is 291 g/mol. The van der Waals surface area contributed by atoms with Crippen molar-refractivity contribution in [1.29, 1.82) is 0 Å². The van der Waals surface area contributed by atoms with E-state index in [-0.39, 0.29) is 23.0 Å². The quantitative estimate of drug-likeness (QED) is 0.789. The molecule has 0 aliphatic carbocycles. The van der Waals surface area contributed by atoms with Gasteiger partial charge >= 0.3 is 0 Å². The largest absolute Gasteiger partial charge is 0.351 e. The van der Waals surface area contributed by atoms with E-state index in [1.54, 1.807) is 11.0 Å². The molecule has 0 saturated carbocycles. The van der Waals surface area contributed by atoms with Crippen molar-refractivity contribution in [2.24, 2.45) is 11.3 Å². The van der Waals surface area contributed by atoms with Gasteiger partial charge in [-0.25, -0.2) is 0 Å². The first-order valence-corrected chi connectivity index (χ1v) is 7.51. The number of hydrogen-bond donors (Lipinski definition) is 0. The van der Waals surface area contributed by atoms with Gasteiger partial charge in [-0.3, -0.25) is 9.59 Å². The highest BCUT2D eigenvalue weighted by molar-refractivity contribution is 5.92. The van der Waals surface area contributed by atoms with Crippen molar-refractivity contribution in [1.82, 2.24) is 15.0 Å². The number of rotatable bonds is 3. The molecule has 0 N–H and O–H groups in total. The minimum Gasteiger partial charge on any atom is -0.351 e. The first kappa shape index (κ1) is 14.1. The Bertz CT molecular complexity index is 530. The molecule has 2 saturated heterocycles. The molecular formula is C15H21N3O3. The van der Waals surface area contributed by atoms with Crippen LogP contribution in [0.15, 0.2) is 16.8 Å². The summed E-state index contributed by atoms with van der Waals surface area (Å²) in [6, 6.07) is 1.57. The molecule has 3 rings (SSSR count). The zero-order chi connectivity index (χ0) is 15.0. The fourth-order valence-corrected chi connectivity index (χ4v) is 3.33. The van der Waals surface area contributed by atoms with Crippen LogP contribution in [0.1, 0.15) is 37.2 Å². The van der Waals surface area contributed by atoms with Crippen LogP contribution in [0.3, 0.4) is 0 Å². The van der Waals surface area contributed by atoms with Gasteiger partial charge in [-0.05, 0) is 18.8 Å². The first-order valence-electron chi connectivity index (χ1n) is 7.51. The number of carbonyl (C=O) groups excluding carboxylic acids is 2. The summed E-state index contributed by atoms with van der Waals surface area (Å²) < 4.78 is 4.91. The van der Waals surface area contributed by atoms with Gasteiger partial charge in [0.1, 0.15) is 0 Å². The molecule has 1 aromatic rings. The zero-order valence-corrected chi connectivity index (χ0v) is 12.5. The van der Waals surface area contributed by atoms with E-state index < -0.39 is 0 Å². The van der Waals surface area contributed by atoms with Gasteiger partial charge in [-0.1, -0.05) is 19.0 Å². The summed E-state index contributed by atoms with van der Waals surface area (Å²) in [5.41, 5.74) is -0.215. The third kappa shape index (κ3) is 2.43. The van der Waals surface area contributed by atoms with Gasteiger partial charge in [0.15, 0.2) is 0 Å². The fraction of sp³-hybridized carbons (Fsp3) is 0.667. The Kier molecular flexibility index (Phi) is 3.47. The van der Waals surface area contributed by atoms with E-state index in [0.717, 1.165) is 25.9 Å². The molecule has 0 aromatic carbocycles. The lowest BCUT2D eigenvalue weighted by Gasteiger charge is -2.53. The van der Waals surface area contributed by atoms with Gasteiger partial charge < -0.3 is 14.3 Å². The Hall–Kier alpha value is -1.85. The highest BCUT2D eigenvalue weighted by Gasteiger charge is 2.53. The molecule has 6 nitrogen and oxygen atoms in total. The number of nitrogens with zero attached hydrogens (tertiary/aromatic N) is 3. The van der Waals surface area contributed by atoms with E-state index in [4.69, 9.17) is 4.52 Å². The topological polar surface area (TPSA) is 66.7 Å². The summed E-state index contributed by atoms with van der Waals surface area (Å²) in [5, 5.41) is 3.56. The summed E-state index contributed by atoms with van der Waals surface area (Å²) in [6.45, 7) is 7.14. The van der Waals surface area contributed by atoms with Crippen molar-refractivity contribution in [3.8, 4) is 0 Å². The van der Waals surface area contributed by atoms with Crippen molar-refractivity contribution in [3.63, 3.8) is 0 Å². The van der Waals surface area contributed by atoms with Crippen LogP contribution in [0.2, 0.25) is 0 Å². The van der Waals surface area contributed by atoms with Crippen LogP contribution in [0.5, 0.6) is 0 Å². The third-order valence-electron chi connectivity index (χ3n) is 4.48. The van der Waals surface area contributed by atoms with E-state index in [9.17, 15) is 9.59 Å². The number of likely N-dealkylation sites (tertiary alicyclic amines) is 2. The van der Waals surface area contributed by atoms with Gasteiger partial charge in [0.05, 0.1) is 11.6 Å². The molecule has 0 radical (unpaired) electrons. The Morgan fingerprint density at radius 2 is 2.14 bits per heavy atom. The second kappa shape index (κ2) is 5.16. The van der Waals surface area contributed by atoms with Gasteiger partial charge in [0, 0.05) is 32.2 Å². The van der Waals surface area contributed by atoms with Crippen LogP contribution in [0.25, 0.3) is 0 Å². The van der Waals surface area contributed by atoms with Crippen LogP contribution in [-0.4, -0.2) is 52.9 Å². The molecule has 114 valence electrons. The summed E-state index contributed by atoms with van der Waals surface area (Å²) in [7, 11) is 0. The molecule has 2 aliphatic heterocycles. The molecule has 6 heteroatoms. The van der Waals surface area contributed by atoms with Crippen molar-refractivity contribution in [2.45, 2.75) is 26.7 Å². The zero-order valence-electron chi connectivity index (χ0n) is 12.5. The summed E-state index contributed by atoms with van der Waals surface area (Å²) in [4.78, 5) is 28.2. The van der Waals surface area contributed by atoms with Gasteiger partial charge in [-0.2, -0.15) is 0 Å². The molecule has 2 fully saturated rings. The van der Waals surface area contributed by atoms with Crippen molar-refractivity contribution in [3.05, 3.63) is 18.0 Å². The van der Waals surface area contributed by atoms with Crippen LogP contribution in [-0.2, 0) is 4.79 Å².